The van der Waals surface area contributed by atoms with Crippen molar-refractivity contribution in [1.82, 2.24) is 25.1 Å². The zero-order valence-electron chi connectivity index (χ0n) is 11.9. The highest BCUT2D eigenvalue weighted by molar-refractivity contribution is 5.97. The molecule has 0 atom stereocenters. The molecule has 7 heteroatoms. The summed E-state index contributed by atoms with van der Waals surface area (Å²) in [4.78, 5) is 14.4. The summed E-state index contributed by atoms with van der Waals surface area (Å²) in [6.45, 7) is 1.87. The first kappa shape index (κ1) is 13.5. The summed E-state index contributed by atoms with van der Waals surface area (Å²) in [6, 6.07) is 7.29. The number of hydrogen-bond donors (Lipinski definition) is 0. The summed E-state index contributed by atoms with van der Waals surface area (Å²) in [5.74, 6) is 1.20. The van der Waals surface area contributed by atoms with E-state index in [4.69, 9.17) is 4.74 Å². The van der Waals surface area contributed by atoms with Gasteiger partial charge in [-0.3, -0.25) is 4.79 Å². The maximum atomic E-state index is 12.5. The zero-order chi connectivity index (χ0) is 14.7. The Hall–Kier alpha value is -2.44. The Bertz CT molecular complexity index is 634. The summed E-state index contributed by atoms with van der Waals surface area (Å²) in [6.07, 6.45) is 2.14. The van der Waals surface area contributed by atoms with Crippen molar-refractivity contribution in [2.75, 3.05) is 13.1 Å². The van der Waals surface area contributed by atoms with E-state index >= 15 is 0 Å². The molecule has 110 valence electrons. The van der Waals surface area contributed by atoms with Crippen molar-refractivity contribution in [2.24, 2.45) is 7.05 Å². The van der Waals surface area contributed by atoms with Crippen LogP contribution in [0, 0.1) is 0 Å². The molecule has 1 fully saturated rings. The Kier molecular flexibility index (Phi) is 3.81. The highest BCUT2D eigenvalue weighted by Gasteiger charge is 2.22. The van der Waals surface area contributed by atoms with Gasteiger partial charge in [0.05, 0.1) is 5.56 Å². The lowest BCUT2D eigenvalue weighted by Crippen LogP contribution is -2.28. The van der Waals surface area contributed by atoms with Gasteiger partial charge in [-0.25, -0.2) is 4.68 Å². The average molecular weight is 287 g/mol. The molecule has 0 bridgehead atoms. The van der Waals surface area contributed by atoms with Gasteiger partial charge in [0.15, 0.2) is 5.82 Å². The topological polar surface area (TPSA) is 73.1 Å². The summed E-state index contributed by atoms with van der Waals surface area (Å²) in [7, 11) is 1.75. The molecular formula is C14H17N5O2. The van der Waals surface area contributed by atoms with Crippen LogP contribution in [0.25, 0.3) is 0 Å². The Balaban J connectivity index is 1.76. The number of amides is 1. The lowest BCUT2D eigenvalue weighted by atomic mass is 10.2. The van der Waals surface area contributed by atoms with Crippen LogP contribution in [0.5, 0.6) is 5.75 Å². The van der Waals surface area contributed by atoms with E-state index in [1.807, 2.05) is 17.0 Å². The van der Waals surface area contributed by atoms with Gasteiger partial charge < -0.3 is 9.64 Å². The number of ether oxygens (including phenoxy) is 1. The summed E-state index contributed by atoms with van der Waals surface area (Å²) < 4.78 is 7.28. The Morgan fingerprint density at radius 3 is 2.76 bits per heavy atom. The number of para-hydroxylation sites is 1. The molecule has 1 aromatic carbocycles. The number of likely N-dealkylation sites (tertiary alicyclic amines) is 1. The van der Waals surface area contributed by atoms with Gasteiger partial charge in [0.1, 0.15) is 12.4 Å². The normalized spacial score (nSPS) is 14.4. The predicted octanol–water partition coefficient (Wildman–Crippen LogP) is 1.03. The van der Waals surface area contributed by atoms with Crippen LogP contribution in [0.3, 0.4) is 0 Å². The van der Waals surface area contributed by atoms with Crippen LogP contribution in [0.2, 0.25) is 0 Å². The number of carbonyl (C=O) groups excluding carboxylic acids is 1. The van der Waals surface area contributed by atoms with Crippen molar-refractivity contribution in [3.8, 4) is 5.75 Å². The maximum absolute atomic E-state index is 12.5. The first-order valence-electron chi connectivity index (χ1n) is 6.98. The third-order valence-corrected chi connectivity index (χ3v) is 3.58. The fourth-order valence-electron chi connectivity index (χ4n) is 2.37. The first-order valence-corrected chi connectivity index (χ1v) is 6.98. The highest BCUT2D eigenvalue weighted by Crippen LogP contribution is 2.22. The van der Waals surface area contributed by atoms with E-state index in [1.165, 1.54) is 0 Å². The van der Waals surface area contributed by atoms with Crippen molar-refractivity contribution < 1.29 is 9.53 Å². The minimum Gasteiger partial charge on any atom is -0.485 e. The number of aryl methyl sites for hydroxylation is 1. The molecule has 1 aromatic heterocycles. The van der Waals surface area contributed by atoms with Gasteiger partial charge in [-0.1, -0.05) is 12.1 Å². The summed E-state index contributed by atoms with van der Waals surface area (Å²) >= 11 is 0. The van der Waals surface area contributed by atoms with E-state index in [2.05, 4.69) is 15.5 Å². The second-order valence-electron chi connectivity index (χ2n) is 5.00. The lowest BCUT2D eigenvalue weighted by Gasteiger charge is -2.17. The van der Waals surface area contributed by atoms with E-state index < -0.39 is 0 Å². The molecule has 0 aliphatic carbocycles. The molecule has 0 N–H and O–H groups in total. The monoisotopic (exact) mass is 287 g/mol. The molecule has 2 aromatic rings. The molecule has 0 radical (unpaired) electrons. The standard InChI is InChI=1S/C14H17N5O2/c1-18-13(15-16-17-18)10-21-12-7-3-2-6-11(12)14(20)19-8-4-5-9-19/h2-3,6-7H,4-5,8-10H2,1H3. The van der Waals surface area contributed by atoms with E-state index in [-0.39, 0.29) is 12.5 Å². The highest BCUT2D eigenvalue weighted by atomic mass is 16.5. The Labute approximate surface area is 122 Å². The van der Waals surface area contributed by atoms with Crippen LogP contribution in [0.1, 0.15) is 29.0 Å². The van der Waals surface area contributed by atoms with E-state index in [0.29, 0.717) is 17.1 Å². The van der Waals surface area contributed by atoms with E-state index in [9.17, 15) is 4.79 Å². The Morgan fingerprint density at radius 2 is 2.05 bits per heavy atom. The van der Waals surface area contributed by atoms with Gasteiger partial charge in [-0.15, -0.1) is 5.10 Å². The third kappa shape index (κ3) is 2.86. The van der Waals surface area contributed by atoms with Crippen LogP contribution in [-0.2, 0) is 13.7 Å². The van der Waals surface area contributed by atoms with Crippen LogP contribution >= 0.6 is 0 Å². The molecule has 0 spiro atoms. The molecule has 2 heterocycles. The fourth-order valence-corrected chi connectivity index (χ4v) is 2.37. The van der Waals surface area contributed by atoms with E-state index in [1.54, 1.807) is 23.9 Å². The molecule has 21 heavy (non-hydrogen) atoms. The van der Waals surface area contributed by atoms with Gasteiger partial charge >= 0.3 is 0 Å². The number of hydrogen-bond acceptors (Lipinski definition) is 5. The quantitative estimate of drug-likeness (QED) is 0.839. The first-order chi connectivity index (χ1) is 10.3. The average Bonchev–Trinajstić information content (AvgIpc) is 3.16. The molecule has 3 rings (SSSR count). The molecule has 1 aliphatic heterocycles. The van der Waals surface area contributed by atoms with Crippen molar-refractivity contribution in [1.29, 1.82) is 0 Å². The van der Waals surface area contributed by atoms with E-state index in [0.717, 1.165) is 25.9 Å². The fraction of sp³-hybridized carbons (Fsp3) is 0.429. The summed E-state index contributed by atoms with van der Waals surface area (Å²) in [5, 5.41) is 11.2. The van der Waals surface area contributed by atoms with Crippen LogP contribution in [0.15, 0.2) is 24.3 Å². The van der Waals surface area contributed by atoms with Crippen molar-refractivity contribution in [3.05, 3.63) is 35.7 Å². The van der Waals surface area contributed by atoms with Crippen LogP contribution < -0.4 is 4.74 Å². The number of tetrazole rings is 1. The van der Waals surface area contributed by atoms with Crippen molar-refractivity contribution in [2.45, 2.75) is 19.4 Å². The second kappa shape index (κ2) is 5.90. The van der Waals surface area contributed by atoms with Crippen LogP contribution in [-0.4, -0.2) is 44.1 Å². The third-order valence-electron chi connectivity index (χ3n) is 3.58. The molecule has 0 unspecified atom stereocenters. The molecule has 7 nitrogen and oxygen atoms in total. The Morgan fingerprint density at radius 1 is 1.29 bits per heavy atom. The van der Waals surface area contributed by atoms with Gasteiger partial charge in [-0.2, -0.15) is 0 Å². The van der Waals surface area contributed by atoms with Gasteiger partial charge in [0.2, 0.25) is 0 Å². The number of carbonyl (C=O) groups is 1. The van der Waals surface area contributed by atoms with Crippen molar-refractivity contribution in [3.63, 3.8) is 0 Å². The van der Waals surface area contributed by atoms with Gasteiger partial charge in [-0.05, 0) is 35.4 Å². The number of nitrogens with zero attached hydrogens (tertiary/aromatic N) is 5. The second-order valence-corrected chi connectivity index (χ2v) is 5.00. The number of aromatic nitrogens is 4. The number of benzene rings is 1. The number of rotatable bonds is 4. The SMILES string of the molecule is Cn1nnnc1COc1ccccc1C(=O)N1CCCC1. The zero-order valence-corrected chi connectivity index (χ0v) is 11.9. The smallest absolute Gasteiger partial charge is 0.257 e. The predicted molar refractivity (Wildman–Crippen MR) is 74.7 cm³/mol. The minimum atomic E-state index is 0.0270. The lowest BCUT2D eigenvalue weighted by molar-refractivity contribution is 0.0787. The molecule has 1 aliphatic rings. The largest absolute Gasteiger partial charge is 0.485 e. The molecule has 1 saturated heterocycles. The summed E-state index contributed by atoms with van der Waals surface area (Å²) in [5.41, 5.74) is 0.592. The molecule has 0 saturated carbocycles. The molecule has 1 amide bonds. The van der Waals surface area contributed by atoms with Crippen LogP contribution in [0.4, 0.5) is 0 Å². The van der Waals surface area contributed by atoms with Gasteiger partial charge in [0.25, 0.3) is 5.91 Å². The maximum Gasteiger partial charge on any atom is 0.257 e. The molecular weight excluding hydrogens is 270 g/mol. The minimum absolute atomic E-state index is 0.0270. The van der Waals surface area contributed by atoms with Crippen molar-refractivity contribution >= 4 is 5.91 Å². The van der Waals surface area contributed by atoms with Gasteiger partial charge in [0, 0.05) is 20.1 Å².